The fourth-order valence-corrected chi connectivity index (χ4v) is 2.53. The third-order valence-electron chi connectivity index (χ3n) is 3.65. The van der Waals surface area contributed by atoms with E-state index in [0.29, 0.717) is 24.7 Å². The molecule has 0 saturated carbocycles. The van der Waals surface area contributed by atoms with Crippen LogP contribution in [0.3, 0.4) is 0 Å². The second kappa shape index (κ2) is 9.83. The Bertz CT molecular complexity index is 723. The van der Waals surface area contributed by atoms with E-state index in [4.69, 9.17) is 18.0 Å². The zero-order valence-electron chi connectivity index (χ0n) is 13.8. The second-order valence-electron chi connectivity index (χ2n) is 5.70. The molecular weight excluding hydrogens is 339 g/mol. The van der Waals surface area contributed by atoms with E-state index in [0.717, 1.165) is 17.5 Å². The molecule has 2 aromatic rings. The lowest BCUT2D eigenvalue weighted by Gasteiger charge is -2.19. The van der Waals surface area contributed by atoms with Crippen molar-refractivity contribution < 1.29 is 9.18 Å². The Hall–Kier alpha value is -2.35. The SMILES string of the molecule is C#CCN(CC(=O)NCCc1ccc(Cl)cc1)Cc1ccc(F)cc1. The minimum Gasteiger partial charge on any atom is -0.355 e. The summed E-state index contributed by atoms with van der Waals surface area (Å²) in [6.45, 7) is 1.58. The average molecular weight is 359 g/mol. The number of carbonyl (C=O) groups excluding carboxylic acids is 1. The molecular formula is C20H20ClFN2O. The smallest absolute Gasteiger partial charge is 0.234 e. The Morgan fingerprint density at radius 1 is 1.12 bits per heavy atom. The van der Waals surface area contributed by atoms with Gasteiger partial charge in [-0.1, -0.05) is 41.8 Å². The predicted molar refractivity (Wildman–Crippen MR) is 98.7 cm³/mol. The highest BCUT2D eigenvalue weighted by Gasteiger charge is 2.10. The molecule has 0 fully saturated rings. The molecule has 0 saturated heterocycles. The van der Waals surface area contributed by atoms with Crippen molar-refractivity contribution in [1.82, 2.24) is 10.2 Å². The largest absolute Gasteiger partial charge is 0.355 e. The molecule has 0 aliphatic heterocycles. The Kier molecular flexibility index (Phi) is 7.46. The van der Waals surface area contributed by atoms with E-state index >= 15 is 0 Å². The van der Waals surface area contributed by atoms with Crippen LogP contribution in [0.2, 0.25) is 5.02 Å². The van der Waals surface area contributed by atoms with Crippen LogP contribution in [-0.2, 0) is 17.8 Å². The van der Waals surface area contributed by atoms with Crippen LogP contribution in [0.1, 0.15) is 11.1 Å². The summed E-state index contributed by atoms with van der Waals surface area (Å²) in [5.41, 5.74) is 2.02. The molecule has 0 spiro atoms. The van der Waals surface area contributed by atoms with E-state index in [9.17, 15) is 9.18 Å². The van der Waals surface area contributed by atoms with Crippen LogP contribution in [0.5, 0.6) is 0 Å². The van der Waals surface area contributed by atoms with Crippen molar-refractivity contribution in [3.8, 4) is 12.3 Å². The van der Waals surface area contributed by atoms with Crippen LogP contribution in [-0.4, -0.2) is 30.4 Å². The molecule has 0 aliphatic carbocycles. The van der Waals surface area contributed by atoms with Gasteiger partial charge in [0.15, 0.2) is 0 Å². The molecule has 0 aromatic heterocycles. The van der Waals surface area contributed by atoms with Crippen LogP contribution in [0.15, 0.2) is 48.5 Å². The Morgan fingerprint density at radius 3 is 2.40 bits per heavy atom. The Balaban J connectivity index is 1.79. The molecule has 25 heavy (non-hydrogen) atoms. The first kappa shape index (κ1) is 19.0. The Labute approximate surface area is 152 Å². The van der Waals surface area contributed by atoms with Gasteiger partial charge in [-0.15, -0.1) is 6.42 Å². The zero-order chi connectivity index (χ0) is 18.1. The molecule has 5 heteroatoms. The summed E-state index contributed by atoms with van der Waals surface area (Å²) in [4.78, 5) is 14.0. The summed E-state index contributed by atoms with van der Waals surface area (Å²) >= 11 is 5.85. The standard InChI is InChI=1S/C20H20ClFN2O/c1-2-13-24(14-17-5-9-19(22)10-6-17)15-20(25)23-12-11-16-3-7-18(21)8-4-16/h1,3-10H,11-15H2,(H,23,25). The van der Waals surface area contributed by atoms with Gasteiger partial charge < -0.3 is 5.32 Å². The zero-order valence-corrected chi connectivity index (χ0v) is 14.6. The number of benzene rings is 2. The van der Waals surface area contributed by atoms with E-state index < -0.39 is 0 Å². The van der Waals surface area contributed by atoms with E-state index in [-0.39, 0.29) is 18.3 Å². The molecule has 3 nitrogen and oxygen atoms in total. The average Bonchev–Trinajstić information content (AvgIpc) is 2.59. The molecule has 0 atom stereocenters. The van der Waals surface area contributed by atoms with Crippen LogP contribution < -0.4 is 5.32 Å². The summed E-state index contributed by atoms with van der Waals surface area (Å²) in [7, 11) is 0. The molecule has 0 aliphatic rings. The van der Waals surface area contributed by atoms with Crippen LogP contribution in [0.25, 0.3) is 0 Å². The third kappa shape index (κ3) is 6.96. The maximum atomic E-state index is 13.0. The number of carbonyl (C=O) groups is 1. The number of amides is 1. The first-order valence-corrected chi connectivity index (χ1v) is 8.36. The van der Waals surface area contributed by atoms with Crippen LogP contribution >= 0.6 is 11.6 Å². The summed E-state index contributed by atoms with van der Waals surface area (Å²) in [5, 5.41) is 3.58. The molecule has 0 bridgehead atoms. The number of terminal acetylenes is 1. The van der Waals surface area contributed by atoms with Gasteiger partial charge in [0, 0.05) is 18.1 Å². The van der Waals surface area contributed by atoms with Gasteiger partial charge in [-0.2, -0.15) is 0 Å². The van der Waals surface area contributed by atoms with Crippen molar-refractivity contribution in [1.29, 1.82) is 0 Å². The summed E-state index contributed by atoms with van der Waals surface area (Å²) in [6, 6.07) is 13.7. The summed E-state index contributed by atoms with van der Waals surface area (Å²) < 4.78 is 13.0. The molecule has 1 amide bonds. The highest BCUT2D eigenvalue weighted by Crippen LogP contribution is 2.09. The molecule has 130 valence electrons. The lowest BCUT2D eigenvalue weighted by Crippen LogP contribution is -2.38. The van der Waals surface area contributed by atoms with Gasteiger partial charge in [0.1, 0.15) is 5.82 Å². The van der Waals surface area contributed by atoms with E-state index in [1.165, 1.54) is 12.1 Å². The van der Waals surface area contributed by atoms with Crippen molar-refractivity contribution in [2.24, 2.45) is 0 Å². The maximum Gasteiger partial charge on any atom is 0.234 e. The highest BCUT2D eigenvalue weighted by atomic mass is 35.5. The maximum absolute atomic E-state index is 13.0. The fraction of sp³-hybridized carbons (Fsp3) is 0.250. The number of nitrogens with zero attached hydrogens (tertiary/aromatic N) is 1. The normalized spacial score (nSPS) is 10.5. The molecule has 2 aromatic carbocycles. The lowest BCUT2D eigenvalue weighted by atomic mass is 10.1. The topological polar surface area (TPSA) is 32.3 Å². The van der Waals surface area contributed by atoms with Crippen molar-refractivity contribution in [2.45, 2.75) is 13.0 Å². The van der Waals surface area contributed by atoms with Gasteiger partial charge >= 0.3 is 0 Å². The van der Waals surface area contributed by atoms with E-state index in [1.54, 1.807) is 12.1 Å². The fourth-order valence-electron chi connectivity index (χ4n) is 2.40. The van der Waals surface area contributed by atoms with Gasteiger partial charge in [0.2, 0.25) is 5.91 Å². The van der Waals surface area contributed by atoms with Gasteiger partial charge in [-0.05, 0) is 41.8 Å². The summed E-state index contributed by atoms with van der Waals surface area (Å²) in [6.07, 6.45) is 6.11. The number of hydrogen-bond donors (Lipinski definition) is 1. The predicted octanol–water partition coefficient (Wildman–Crippen LogP) is 3.27. The van der Waals surface area contributed by atoms with Crippen LogP contribution in [0, 0.1) is 18.2 Å². The van der Waals surface area contributed by atoms with E-state index in [2.05, 4.69) is 11.2 Å². The number of nitrogens with one attached hydrogen (secondary N) is 1. The van der Waals surface area contributed by atoms with Gasteiger partial charge in [-0.3, -0.25) is 9.69 Å². The monoisotopic (exact) mass is 358 g/mol. The number of hydrogen-bond acceptors (Lipinski definition) is 2. The summed E-state index contributed by atoms with van der Waals surface area (Å²) in [5.74, 6) is 2.17. The van der Waals surface area contributed by atoms with Crippen molar-refractivity contribution >= 4 is 17.5 Å². The minimum atomic E-state index is -0.285. The Morgan fingerprint density at radius 2 is 1.76 bits per heavy atom. The quantitative estimate of drug-likeness (QED) is 0.734. The van der Waals surface area contributed by atoms with Crippen molar-refractivity contribution in [3.05, 3.63) is 70.5 Å². The highest BCUT2D eigenvalue weighted by molar-refractivity contribution is 6.30. The number of halogens is 2. The second-order valence-corrected chi connectivity index (χ2v) is 6.14. The molecule has 0 radical (unpaired) electrons. The van der Waals surface area contributed by atoms with E-state index in [1.807, 2.05) is 29.2 Å². The van der Waals surface area contributed by atoms with Gasteiger partial charge in [-0.25, -0.2) is 4.39 Å². The first-order chi connectivity index (χ1) is 12.1. The molecule has 2 rings (SSSR count). The van der Waals surface area contributed by atoms with Crippen LogP contribution in [0.4, 0.5) is 4.39 Å². The lowest BCUT2D eigenvalue weighted by molar-refractivity contribution is -0.122. The number of rotatable bonds is 8. The molecule has 1 N–H and O–H groups in total. The van der Waals surface area contributed by atoms with Crippen molar-refractivity contribution in [3.63, 3.8) is 0 Å². The molecule has 0 heterocycles. The van der Waals surface area contributed by atoms with Gasteiger partial charge in [0.05, 0.1) is 13.1 Å². The van der Waals surface area contributed by atoms with Crippen molar-refractivity contribution in [2.75, 3.05) is 19.6 Å². The first-order valence-electron chi connectivity index (χ1n) is 7.98. The third-order valence-corrected chi connectivity index (χ3v) is 3.90. The van der Waals surface area contributed by atoms with Gasteiger partial charge in [0.25, 0.3) is 0 Å². The molecule has 0 unspecified atom stereocenters. The minimum absolute atomic E-state index is 0.0914.